The molecule has 2 aliphatic heterocycles. The lowest BCUT2D eigenvalue weighted by Gasteiger charge is -2.37. The molecule has 0 aliphatic carbocycles. The van der Waals surface area contributed by atoms with Gasteiger partial charge in [-0.3, -0.25) is 4.79 Å². The molecule has 1 atom stereocenters. The summed E-state index contributed by atoms with van der Waals surface area (Å²) in [6.45, 7) is 3.15. The lowest BCUT2D eigenvalue weighted by Crippen LogP contribution is -2.46. The number of hydrogen-bond donors (Lipinski definition) is 0. The van der Waals surface area contributed by atoms with Gasteiger partial charge in [-0.15, -0.1) is 0 Å². The number of ether oxygens (including phenoxy) is 1. The third-order valence-electron chi connectivity index (χ3n) is 5.45. The smallest absolute Gasteiger partial charge is 0.223 e. The molecule has 0 saturated carbocycles. The standard InChI is InChI=1S/C20H29FN2O2/c1-22-12-10-17(11-13-22)23(15-16-5-2-3-7-19(16)21)20(24)9-8-18-6-4-14-25-18/h2-3,5,7,17-18H,4,6,8-15H2,1H3/t18-/m0/s1. The van der Waals surface area contributed by atoms with Crippen LogP contribution in [0.3, 0.4) is 0 Å². The number of piperidine rings is 1. The van der Waals surface area contributed by atoms with E-state index >= 15 is 0 Å². The SMILES string of the molecule is CN1CCC(N(Cc2ccccc2F)C(=O)CC[C@@H]2CCCO2)CC1. The van der Waals surface area contributed by atoms with Crippen LogP contribution >= 0.6 is 0 Å². The van der Waals surface area contributed by atoms with Crippen LogP contribution in [0.2, 0.25) is 0 Å². The summed E-state index contributed by atoms with van der Waals surface area (Å²) >= 11 is 0. The molecule has 25 heavy (non-hydrogen) atoms. The molecule has 2 saturated heterocycles. The highest BCUT2D eigenvalue weighted by molar-refractivity contribution is 5.76. The van der Waals surface area contributed by atoms with Crippen molar-refractivity contribution >= 4 is 5.91 Å². The maximum atomic E-state index is 14.1. The van der Waals surface area contributed by atoms with Crippen molar-refractivity contribution < 1.29 is 13.9 Å². The van der Waals surface area contributed by atoms with Crippen LogP contribution in [0.15, 0.2) is 24.3 Å². The van der Waals surface area contributed by atoms with Crippen molar-refractivity contribution in [3.63, 3.8) is 0 Å². The largest absolute Gasteiger partial charge is 0.378 e. The first kappa shape index (κ1) is 18.3. The molecule has 0 unspecified atom stereocenters. The number of hydrogen-bond acceptors (Lipinski definition) is 3. The first-order chi connectivity index (χ1) is 12.1. The summed E-state index contributed by atoms with van der Waals surface area (Å²) in [7, 11) is 2.11. The molecule has 138 valence electrons. The zero-order valence-corrected chi connectivity index (χ0v) is 15.1. The zero-order valence-electron chi connectivity index (χ0n) is 15.1. The minimum absolute atomic E-state index is 0.133. The summed E-state index contributed by atoms with van der Waals surface area (Å²) in [5.41, 5.74) is 0.604. The van der Waals surface area contributed by atoms with Gasteiger partial charge in [0.1, 0.15) is 5.82 Å². The van der Waals surface area contributed by atoms with Crippen molar-refractivity contribution in [2.45, 2.75) is 57.2 Å². The van der Waals surface area contributed by atoms with Crippen molar-refractivity contribution in [2.75, 3.05) is 26.7 Å². The maximum absolute atomic E-state index is 14.1. The number of nitrogens with zero attached hydrogens (tertiary/aromatic N) is 2. The van der Waals surface area contributed by atoms with Gasteiger partial charge in [-0.25, -0.2) is 4.39 Å². The molecule has 1 amide bonds. The highest BCUT2D eigenvalue weighted by Gasteiger charge is 2.28. The molecule has 1 aromatic carbocycles. The van der Waals surface area contributed by atoms with Crippen molar-refractivity contribution in [2.24, 2.45) is 0 Å². The van der Waals surface area contributed by atoms with Crippen LogP contribution in [-0.2, 0) is 16.1 Å². The average Bonchev–Trinajstić information content (AvgIpc) is 3.13. The highest BCUT2D eigenvalue weighted by atomic mass is 19.1. The summed E-state index contributed by atoms with van der Waals surface area (Å²) in [6.07, 6.45) is 5.54. The molecule has 0 N–H and O–H groups in total. The molecule has 0 spiro atoms. The molecule has 0 bridgehead atoms. The molecule has 2 heterocycles. The van der Waals surface area contributed by atoms with E-state index < -0.39 is 0 Å². The van der Waals surface area contributed by atoms with Gasteiger partial charge in [-0.05, 0) is 58.3 Å². The van der Waals surface area contributed by atoms with E-state index in [1.165, 1.54) is 6.07 Å². The van der Waals surface area contributed by atoms with Gasteiger partial charge in [0.25, 0.3) is 0 Å². The van der Waals surface area contributed by atoms with Gasteiger partial charge in [0.15, 0.2) is 0 Å². The van der Waals surface area contributed by atoms with Gasteiger partial charge in [0.05, 0.1) is 6.10 Å². The Kier molecular flexibility index (Phi) is 6.43. The average molecular weight is 348 g/mol. The van der Waals surface area contributed by atoms with E-state index in [0.717, 1.165) is 51.8 Å². The number of carbonyl (C=O) groups excluding carboxylic acids is 1. The first-order valence-corrected chi connectivity index (χ1v) is 9.46. The van der Waals surface area contributed by atoms with Gasteiger partial charge < -0.3 is 14.5 Å². The second kappa shape index (κ2) is 8.77. The number of amides is 1. The molecule has 0 aromatic heterocycles. The number of rotatable bonds is 6. The quantitative estimate of drug-likeness (QED) is 0.791. The fraction of sp³-hybridized carbons (Fsp3) is 0.650. The Labute approximate surface area is 149 Å². The first-order valence-electron chi connectivity index (χ1n) is 9.46. The fourth-order valence-corrected chi connectivity index (χ4v) is 3.84. The van der Waals surface area contributed by atoms with Crippen molar-refractivity contribution in [3.05, 3.63) is 35.6 Å². The van der Waals surface area contributed by atoms with Crippen LogP contribution in [0.1, 0.15) is 44.1 Å². The second-order valence-corrected chi connectivity index (χ2v) is 7.32. The van der Waals surface area contributed by atoms with Gasteiger partial charge in [0.2, 0.25) is 5.91 Å². The topological polar surface area (TPSA) is 32.8 Å². The fourth-order valence-electron chi connectivity index (χ4n) is 3.84. The summed E-state index contributed by atoms with van der Waals surface area (Å²) in [5.74, 6) is -0.0966. The summed E-state index contributed by atoms with van der Waals surface area (Å²) in [4.78, 5) is 17.1. The maximum Gasteiger partial charge on any atom is 0.223 e. The Morgan fingerprint density at radius 2 is 2.04 bits per heavy atom. The lowest BCUT2D eigenvalue weighted by atomic mass is 10.0. The number of benzene rings is 1. The lowest BCUT2D eigenvalue weighted by molar-refractivity contribution is -0.136. The predicted molar refractivity (Wildman–Crippen MR) is 95.7 cm³/mol. The summed E-state index contributed by atoms with van der Waals surface area (Å²) in [5, 5.41) is 0. The van der Waals surface area contributed by atoms with Crippen LogP contribution in [0, 0.1) is 5.82 Å². The molecular formula is C20H29FN2O2. The molecule has 5 heteroatoms. The van der Waals surface area contributed by atoms with Gasteiger partial charge in [-0.1, -0.05) is 18.2 Å². The Balaban J connectivity index is 1.66. The normalized spacial score (nSPS) is 22.2. The van der Waals surface area contributed by atoms with Crippen molar-refractivity contribution in [1.82, 2.24) is 9.80 Å². The van der Waals surface area contributed by atoms with E-state index in [9.17, 15) is 9.18 Å². The minimum atomic E-state index is -0.229. The Morgan fingerprint density at radius 1 is 1.28 bits per heavy atom. The highest BCUT2D eigenvalue weighted by Crippen LogP contribution is 2.23. The molecule has 0 radical (unpaired) electrons. The summed E-state index contributed by atoms with van der Waals surface area (Å²) in [6, 6.07) is 6.98. The van der Waals surface area contributed by atoms with E-state index in [2.05, 4.69) is 11.9 Å². The van der Waals surface area contributed by atoms with Crippen LogP contribution < -0.4 is 0 Å². The van der Waals surface area contributed by atoms with Crippen LogP contribution in [0.5, 0.6) is 0 Å². The predicted octanol–water partition coefficient (Wildman–Crippen LogP) is 3.21. The van der Waals surface area contributed by atoms with E-state index in [1.54, 1.807) is 12.1 Å². The molecule has 1 aromatic rings. The number of halogens is 1. The van der Waals surface area contributed by atoms with Crippen LogP contribution in [0.4, 0.5) is 4.39 Å². The van der Waals surface area contributed by atoms with E-state index in [4.69, 9.17) is 4.74 Å². The second-order valence-electron chi connectivity index (χ2n) is 7.32. The van der Waals surface area contributed by atoms with Gasteiger partial charge in [0, 0.05) is 31.2 Å². The third-order valence-corrected chi connectivity index (χ3v) is 5.45. The monoisotopic (exact) mass is 348 g/mol. The molecule has 3 rings (SSSR count). The molecule has 4 nitrogen and oxygen atoms in total. The van der Waals surface area contributed by atoms with E-state index in [-0.39, 0.29) is 23.9 Å². The van der Waals surface area contributed by atoms with Gasteiger partial charge in [-0.2, -0.15) is 0 Å². The van der Waals surface area contributed by atoms with Crippen molar-refractivity contribution in [3.8, 4) is 0 Å². The Morgan fingerprint density at radius 3 is 2.72 bits per heavy atom. The molecular weight excluding hydrogens is 319 g/mol. The summed E-state index contributed by atoms with van der Waals surface area (Å²) < 4.78 is 19.8. The minimum Gasteiger partial charge on any atom is -0.378 e. The molecule has 2 fully saturated rings. The Bertz CT molecular complexity index is 567. The van der Waals surface area contributed by atoms with E-state index in [1.807, 2.05) is 11.0 Å². The van der Waals surface area contributed by atoms with Crippen LogP contribution in [-0.4, -0.2) is 54.6 Å². The molecule has 2 aliphatic rings. The number of likely N-dealkylation sites (tertiary alicyclic amines) is 1. The number of carbonyl (C=O) groups is 1. The third kappa shape index (κ3) is 5.02. The van der Waals surface area contributed by atoms with E-state index in [0.29, 0.717) is 18.5 Å². The van der Waals surface area contributed by atoms with Crippen molar-refractivity contribution in [1.29, 1.82) is 0 Å². The zero-order chi connectivity index (χ0) is 17.6. The van der Waals surface area contributed by atoms with Gasteiger partial charge >= 0.3 is 0 Å². The van der Waals surface area contributed by atoms with Crippen LogP contribution in [0.25, 0.3) is 0 Å². The Hall–Kier alpha value is -1.46.